The molecule has 15 heavy (non-hydrogen) atoms. The maximum atomic E-state index is 11.1. The van der Waals surface area contributed by atoms with Crippen LogP contribution in [0.25, 0.3) is 0 Å². The zero-order chi connectivity index (χ0) is 11.7. The molecular formula is C9H14N4O2. The number of nitrogens with one attached hydrogen (secondary N) is 1. The van der Waals surface area contributed by atoms with Gasteiger partial charge in [-0.05, 0) is 19.7 Å². The minimum absolute atomic E-state index is 0.0161. The minimum atomic E-state index is -0.670. The second kappa shape index (κ2) is 7.31. The Morgan fingerprint density at radius 3 is 2.73 bits per heavy atom. The molecule has 0 radical (unpaired) electrons. The molecule has 82 valence electrons. The topological polar surface area (TPSA) is 89.1 Å². The van der Waals surface area contributed by atoms with Crippen LogP contribution in [0.1, 0.15) is 6.92 Å². The molecule has 0 amide bonds. The molecule has 6 heteroatoms. The maximum Gasteiger partial charge on any atom is 0.360 e. The Bertz CT molecular complexity index is 318. The molecule has 0 aromatic rings. The first-order valence-electron chi connectivity index (χ1n) is 4.12. The van der Waals surface area contributed by atoms with Gasteiger partial charge in [-0.15, -0.1) is 0 Å². The number of carbonyl (C=O) groups excluding carboxylic acids is 1. The van der Waals surface area contributed by atoms with Gasteiger partial charge in [0.2, 0.25) is 0 Å². The van der Waals surface area contributed by atoms with Crippen molar-refractivity contribution in [1.29, 1.82) is 0 Å². The van der Waals surface area contributed by atoms with Crippen LogP contribution in [0.15, 0.2) is 33.8 Å². The quantitative estimate of drug-likeness (QED) is 0.292. The van der Waals surface area contributed by atoms with Gasteiger partial charge in [-0.1, -0.05) is 6.08 Å². The molecule has 0 fully saturated rings. The Kier molecular flexibility index (Phi) is 6.28. The lowest BCUT2D eigenvalue weighted by Gasteiger charge is -2.03. The summed E-state index contributed by atoms with van der Waals surface area (Å²) in [5.41, 5.74) is 7.81. The molecule has 0 aliphatic carbocycles. The van der Waals surface area contributed by atoms with Crippen LogP contribution in [-0.2, 0) is 9.53 Å². The first-order valence-corrected chi connectivity index (χ1v) is 4.12. The summed E-state index contributed by atoms with van der Waals surface area (Å²) in [6.07, 6.45) is 4.96. The third kappa shape index (κ3) is 4.61. The third-order valence-electron chi connectivity index (χ3n) is 1.33. The lowest BCUT2D eigenvalue weighted by Crippen LogP contribution is -2.20. The van der Waals surface area contributed by atoms with Gasteiger partial charge in [0.1, 0.15) is 0 Å². The normalized spacial score (nSPS) is 12.7. The van der Waals surface area contributed by atoms with E-state index in [1.165, 1.54) is 13.3 Å². The molecule has 0 bridgehead atoms. The van der Waals surface area contributed by atoms with Crippen molar-refractivity contribution in [2.45, 2.75) is 6.92 Å². The van der Waals surface area contributed by atoms with Crippen LogP contribution >= 0.6 is 0 Å². The fourth-order valence-corrected chi connectivity index (χ4v) is 0.645. The van der Waals surface area contributed by atoms with Crippen molar-refractivity contribution >= 4 is 18.9 Å². The lowest BCUT2D eigenvalue weighted by molar-refractivity contribution is -0.136. The Morgan fingerprint density at radius 1 is 1.60 bits per heavy atom. The first-order chi connectivity index (χ1) is 7.17. The van der Waals surface area contributed by atoms with E-state index >= 15 is 0 Å². The van der Waals surface area contributed by atoms with Crippen molar-refractivity contribution in [1.82, 2.24) is 5.43 Å². The Hall–Kier alpha value is -2.11. The Morgan fingerprint density at radius 2 is 2.27 bits per heavy atom. The number of aliphatic imine (C=N–C) groups is 1. The van der Waals surface area contributed by atoms with E-state index in [-0.39, 0.29) is 11.5 Å². The zero-order valence-electron chi connectivity index (χ0n) is 8.73. The Balaban J connectivity index is 4.59. The summed E-state index contributed by atoms with van der Waals surface area (Å²) in [4.78, 5) is 14.5. The van der Waals surface area contributed by atoms with Gasteiger partial charge in [-0.2, -0.15) is 5.10 Å². The second-order valence-corrected chi connectivity index (χ2v) is 2.33. The van der Waals surface area contributed by atoms with Gasteiger partial charge in [0.25, 0.3) is 0 Å². The van der Waals surface area contributed by atoms with Crippen molar-refractivity contribution in [3.05, 3.63) is 23.7 Å². The van der Waals surface area contributed by atoms with Gasteiger partial charge in [0.05, 0.1) is 7.11 Å². The molecule has 0 rings (SSSR count). The number of hydrogen-bond acceptors (Lipinski definition) is 6. The van der Waals surface area contributed by atoms with Crippen molar-refractivity contribution in [2.24, 2.45) is 15.8 Å². The van der Waals surface area contributed by atoms with Crippen LogP contribution in [0.3, 0.4) is 0 Å². The predicted molar refractivity (Wildman–Crippen MR) is 59.2 cm³/mol. The van der Waals surface area contributed by atoms with Crippen LogP contribution in [0.2, 0.25) is 0 Å². The van der Waals surface area contributed by atoms with Crippen molar-refractivity contribution in [3.63, 3.8) is 0 Å². The minimum Gasteiger partial charge on any atom is -0.464 e. The molecule has 0 unspecified atom stereocenters. The van der Waals surface area contributed by atoms with E-state index < -0.39 is 5.97 Å². The molecule has 0 aromatic carbocycles. The number of ether oxygens (including phenoxy) is 1. The average molecular weight is 210 g/mol. The molecule has 0 spiro atoms. The van der Waals surface area contributed by atoms with E-state index in [2.05, 4.69) is 27.0 Å². The highest BCUT2D eigenvalue weighted by Gasteiger charge is 2.11. The summed E-state index contributed by atoms with van der Waals surface area (Å²) < 4.78 is 4.44. The maximum absolute atomic E-state index is 11.1. The number of hydrazone groups is 1. The van der Waals surface area contributed by atoms with E-state index in [0.717, 1.165) is 0 Å². The number of carbonyl (C=O) groups is 1. The highest BCUT2D eigenvalue weighted by Crippen LogP contribution is 2.00. The van der Waals surface area contributed by atoms with Gasteiger partial charge in [0.15, 0.2) is 11.5 Å². The molecule has 0 heterocycles. The van der Waals surface area contributed by atoms with Gasteiger partial charge in [-0.25, -0.2) is 4.79 Å². The Labute approximate surface area is 88.2 Å². The van der Waals surface area contributed by atoms with E-state index in [9.17, 15) is 4.79 Å². The SMILES string of the molecule is C=N/C(C(=O)OC)=C(/N)N/N=C\C=C/C. The fourth-order valence-electron chi connectivity index (χ4n) is 0.645. The summed E-state index contributed by atoms with van der Waals surface area (Å²) >= 11 is 0. The number of esters is 1. The van der Waals surface area contributed by atoms with Crippen molar-refractivity contribution < 1.29 is 9.53 Å². The molecule has 0 atom stereocenters. The van der Waals surface area contributed by atoms with Crippen molar-refractivity contribution in [3.8, 4) is 0 Å². The fraction of sp³-hybridized carbons (Fsp3) is 0.222. The van der Waals surface area contributed by atoms with Gasteiger partial charge < -0.3 is 10.5 Å². The van der Waals surface area contributed by atoms with E-state index in [4.69, 9.17) is 5.73 Å². The third-order valence-corrected chi connectivity index (χ3v) is 1.33. The highest BCUT2D eigenvalue weighted by atomic mass is 16.5. The standard InChI is InChI=1S/C9H14N4O2/c1-4-5-6-12-13-8(10)7(11-2)9(14)15-3/h4-6,13H,2,10H2,1,3H3/b5-4-,8-7-,12-6-. The molecular weight excluding hydrogens is 196 g/mol. The zero-order valence-corrected chi connectivity index (χ0v) is 8.73. The highest BCUT2D eigenvalue weighted by molar-refractivity contribution is 5.89. The van der Waals surface area contributed by atoms with Crippen molar-refractivity contribution in [2.75, 3.05) is 7.11 Å². The molecule has 6 nitrogen and oxygen atoms in total. The number of allylic oxidation sites excluding steroid dienone is 2. The summed E-state index contributed by atoms with van der Waals surface area (Å²) in [5.74, 6) is -0.686. The van der Waals surface area contributed by atoms with E-state index in [1.54, 1.807) is 12.2 Å². The lowest BCUT2D eigenvalue weighted by atomic mass is 10.4. The number of nitrogens with zero attached hydrogens (tertiary/aromatic N) is 2. The van der Waals surface area contributed by atoms with Crippen LogP contribution < -0.4 is 11.2 Å². The predicted octanol–water partition coefficient (Wildman–Crippen LogP) is 0.139. The molecule has 3 N–H and O–H groups in total. The smallest absolute Gasteiger partial charge is 0.360 e. The molecule has 0 aliphatic heterocycles. The van der Waals surface area contributed by atoms with Crippen LogP contribution in [0, 0.1) is 0 Å². The number of hydrogen-bond donors (Lipinski definition) is 2. The average Bonchev–Trinajstić information content (AvgIpc) is 2.25. The van der Waals surface area contributed by atoms with E-state index in [1.807, 2.05) is 6.92 Å². The summed E-state index contributed by atoms with van der Waals surface area (Å²) in [6, 6.07) is 0. The van der Waals surface area contributed by atoms with Gasteiger partial charge in [0, 0.05) is 6.21 Å². The van der Waals surface area contributed by atoms with Crippen LogP contribution in [0.4, 0.5) is 0 Å². The van der Waals surface area contributed by atoms with Gasteiger partial charge >= 0.3 is 5.97 Å². The number of rotatable bonds is 5. The number of nitrogens with two attached hydrogens (primary N) is 1. The molecule has 0 aromatic heterocycles. The monoisotopic (exact) mass is 210 g/mol. The van der Waals surface area contributed by atoms with E-state index in [0.29, 0.717) is 0 Å². The summed E-state index contributed by atoms with van der Waals surface area (Å²) in [6.45, 7) is 5.04. The summed E-state index contributed by atoms with van der Waals surface area (Å²) in [5, 5.41) is 3.71. The van der Waals surface area contributed by atoms with Crippen LogP contribution in [-0.4, -0.2) is 26.0 Å². The summed E-state index contributed by atoms with van der Waals surface area (Å²) in [7, 11) is 1.23. The largest absolute Gasteiger partial charge is 0.464 e. The molecule has 0 saturated heterocycles. The number of methoxy groups -OCH3 is 1. The first kappa shape index (κ1) is 12.9. The van der Waals surface area contributed by atoms with Gasteiger partial charge in [-0.3, -0.25) is 10.4 Å². The molecule has 0 aliphatic rings. The second-order valence-electron chi connectivity index (χ2n) is 2.33. The molecule has 0 saturated carbocycles. The van der Waals surface area contributed by atoms with Crippen LogP contribution in [0.5, 0.6) is 0 Å².